The number of rotatable bonds is 6. The van der Waals surface area contributed by atoms with Crippen molar-refractivity contribution in [2.75, 3.05) is 0 Å². The number of pyridine rings is 3. The Hall–Kier alpha value is -7.63. The van der Waals surface area contributed by atoms with Crippen molar-refractivity contribution in [3.8, 4) is 56.1 Å². The van der Waals surface area contributed by atoms with E-state index in [0.717, 1.165) is 78.0 Å². The lowest BCUT2D eigenvalue weighted by molar-refractivity contribution is 1.18. The molecule has 0 N–H and O–H groups in total. The summed E-state index contributed by atoms with van der Waals surface area (Å²) in [6, 6.07) is 64.7. The standard InChI is InChI=1S/C51H33N5/c1-2-13-40(14-3-1)55-49-20-11-27-54-51(49)43-23-21-36(33-50(43)55)35-22-24-48-44(32-35)42-16-4-5-19-47(42)56(48)41-15-10-12-34(31-41)37-28-38(45-17-6-8-25-52-45)30-39(29-37)46-18-7-9-26-53-46/h1-33H. The Balaban J connectivity index is 1.06. The maximum absolute atomic E-state index is 4.80. The van der Waals surface area contributed by atoms with Gasteiger partial charge in [0.15, 0.2) is 0 Å². The molecule has 0 atom stereocenters. The predicted octanol–water partition coefficient (Wildman–Crippen LogP) is 12.7. The van der Waals surface area contributed by atoms with Gasteiger partial charge in [0.2, 0.25) is 0 Å². The van der Waals surface area contributed by atoms with E-state index in [-0.39, 0.29) is 0 Å². The van der Waals surface area contributed by atoms with Gasteiger partial charge in [0.25, 0.3) is 0 Å². The highest BCUT2D eigenvalue weighted by Gasteiger charge is 2.17. The van der Waals surface area contributed by atoms with Crippen LogP contribution in [-0.4, -0.2) is 24.1 Å². The van der Waals surface area contributed by atoms with Crippen LogP contribution in [0.15, 0.2) is 201 Å². The van der Waals surface area contributed by atoms with Gasteiger partial charge in [0.1, 0.15) is 0 Å². The number of hydrogen-bond donors (Lipinski definition) is 0. The normalized spacial score (nSPS) is 11.6. The Morgan fingerprint density at radius 2 is 0.893 bits per heavy atom. The lowest BCUT2D eigenvalue weighted by Crippen LogP contribution is -1.95. The van der Waals surface area contributed by atoms with E-state index in [2.05, 4.69) is 171 Å². The first-order valence-corrected chi connectivity index (χ1v) is 18.8. The molecule has 0 amide bonds. The van der Waals surface area contributed by atoms with Crippen molar-refractivity contribution in [3.63, 3.8) is 0 Å². The predicted molar refractivity (Wildman–Crippen MR) is 230 cm³/mol. The van der Waals surface area contributed by atoms with Gasteiger partial charge < -0.3 is 9.13 Å². The molecule has 0 aliphatic carbocycles. The highest BCUT2D eigenvalue weighted by atomic mass is 15.0. The first-order chi connectivity index (χ1) is 27.8. The molecule has 0 saturated heterocycles. The summed E-state index contributed by atoms with van der Waals surface area (Å²) in [7, 11) is 0. The van der Waals surface area contributed by atoms with Gasteiger partial charge in [-0.3, -0.25) is 15.0 Å². The second-order valence-corrected chi connectivity index (χ2v) is 14.1. The molecule has 0 aliphatic heterocycles. The summed E-state index contributed by atoms with van der Waals surface area (Å²) in [5.74, 6) is 0. The molecule has 0 unspecified atom stereocenters. The van der Waals surface area contributed by atoms with E-state index in [1.807, 2.05) is 48.9 Å². The van der Waals surface area contributed by atoms with Crippen LogP contribution in [0.1, 0.15) is 0 Å². The van der Waals surface area contributed by atoms with Crippen LogP contribution in [0.3, 0.4) is 0 Å². The Kier molecular flexibility index (Phi) is 7.42. The fraction of sp³-hybridized carbons (Fsp3) is 0. The first kappa shape index (κ1) is 31.9. The van der Waals surface area contributed by atoms with Crippen LogP contribution in [0, 0.1) is 0 Å². The van der Waals surface area contributed by atoms with E-state index in [0.29, 0.717) is 0 Å². The summed E-state index contributed by atoms with van der Waals surface area (Å²) < 4.78 is 4.71. The molecule has 5 heteroatoms. The zero-order chi connectivity index (χ0) is 37.0. The van der Waals surface area contributed by atoms with Crippen molar-refractivity contribution in [3.05, 3.63) is 201 Å². The summed E-state index contributed by atoms with van der Waals surface area (Å²) in [4.78, 5) is 14.2. The van der Waals surface area contributed by atoms with Crippen molar-refractivity contribution < 1.29 is 0 Å². The monoisotopic (exact) mass is 715 g/mol. The summed E-state index contributed by atoms with van der Waals surface area (Å²) in [6.45, 7) is 0. The summed E-state index contributed by atoms with van der Waals surface area (Å²) in [5.41, 5.74) is 16.3. The number of aromatic nitrogens is 5. The Labute approximate surface area is 323 Å². The van der Waals surface area contributed by atoms with Gasteiger partial charge >= 0.3 is 0 Å². The number of hydrogen-bond acceptors (Lipinski definition) is 3. The first-order valence-electron chi connectivity index (χ1n) is 18.8. The average Bonchev–Trinajstić information content (AvgIpc) is 3.79. The largest absolute Gasteiger partial charge is 0.309 e. The topological polar surface area (TPSA) is 48.5 Å². The molecule has 5 aromatic heterocycles. The molecule has 5 nitrogen and oxygen atoms in total. The van der Waals surface area contributed by atoms with Crippen molar-refractivity contribution in [2.45, 2.75) is 0 Å². The van der Waals surface area contributed by atoms with E-state index in [1.165, 1.54) is 21.9 Å². The maximum Gasteiger partial charge on any atom is 0.0963 e. The highest BCUT2D eigenvalue weighted by molar-refractivity contribution is 6.11. The van der Waals surface area contributed by atoms with Gasteiger partial charge in [-0.1, -0.05) is 72.8 Å². The summed E-state index contributed by atoms with van der Waals surface area (Å²) in [6.07, 6.45) is 5.57. The Bertz CT molecular complexity index is 3180. The van der Waals surface area contributed by atoms with Crippen LogP contribution < -0.4 is 0 Å². The lowest BCUT2D eigenvalue weighted by atomic mass is 9.96. The second-order valence-electron chi connectivity index (χ2n) is 14.1. The average molecular weight is 716 g/mol. The minimum atomic E-state index is 0.929. The van der Waals surface area contributed by atoms with E-state index in [1.54, 1.807) is 0 Å². The zero-order valence-electron chi connectivity index (χ0n) is 30.3. The molecule has 262 valence electrons. The minimum absolute atomic E-state index is 0.929. The molecule has 0 fully saturated rings. The fourth-order valence-electron chi connectivity index (χ4n) is 8.28. The molecule has 5 heterocycles. The van der Waals surface area contributed by atoms with Crippen molar-refractivity contribution in [1.82, 2.24) is 24.1 Å². The number of fused-ring (bicyclic) bond motifs is 6. The van der Waals surface area contributed by atoms with Gasteiger partial charge in [0.05, 0.1) is 39.0 Å². The second kappa shape index (κ2) is 13.0. The molecule has 0 bridgehead atoms. The van der Waals surface area contributed by atoms with Crippen molar-refractivity contribution >= 4 is 43.7 Å². The Morgan fingerprint density at radius 1 is 0.286 bits per heavy atom. The van der Waals surface area contributed by atoms with Gasteiger partial charge in [0, 0.05) is 57.3 Å². The van der Waals surface area contributed by atoms with Gasteiger partial charge in [-0.15, -0.1) is 0 Å². The van der Waals surface area contributed by atoms with Crippen LogP contribution >= 0.6 is 0 Å². The van der Waals surface area contributed by atoms with Crippen LogP contribution in [0.2, 0.25) is 0 Å². The van der Waals surface area contributed by atoms with Crippen LogP contribution in [0.4, 0.5) is 0 Å². The molecule has 0 spiro atoms. The van der Waals surface area contributed by atoms with Crippen molar-refractivity contribution in [2.24, 2.45) is 0 Å². The molecule has 0 saturated carbocycles. The third-order valence-electron chi connectivity index (χ3n) is 10.8. The van der Waals surface area contributed by atoms with Crippen LogP contribution in [0.5, 0.6) is 0 Å². The smallest absolute Gasteiger partial charge is 0.0963 e. The molecule has 0 radical (unpaired) electrons. The number of nitrogens with zero attached hydrogens (tertiary/aromatic N) is 5. The van der Waals surface area contributed by atoms with Crippen molar-refractivity contribution in [1.29, 1.82) is 0 Å². The lowest BCUT2D eigenvalue weighted by Gasteiger charge is -2.13. The van der Waals surface area contributed by atoms with Gasteiger partial charge in [-0.2, -0.15) is 0 Å². The van der Waals surface area contributed by atoms with E-state index in [4.69, 9.17) is 4.98 Å². The Morgan fingerprint density at radius 3 is 1.68 bits per heavy atom. The number of benzene rings is 6. The quantitative estimate of drug-likeness (QED) is 0.172. The summed E-state index contributed by atoms with van der Waals surface area (Å²) >= 11 is 0. The molecule has 0 aliphatic rings. The molecule has 11 aromatic rings. The molecular formula is C51H33N5. The van der Waals surface area contributed by atoms with Gasteiger partial charge in [-0.05, 0) is 131 Å². The zero-order valence-corrected chi connectivity index (χ0v) is 30.3. The maximum atomic E-state index is 4.80. The van der Waals surface area contributed by atoms with Gasteiger partial charge in [-0.25, -0.2) is 0 Å². The van der Waals surface area contributed by atoms with E-state index in [9.17, 15) is 0 Å². The number of para-hydroxylation sites is 2. The molecule has 6 aromatic carbocycles. The third kappa shape index (κ3) is 5.29. The highest BCUT2D eigenvalue weighted by Crippen LogP contribution is 2.39. The minimum Gasteiger partial charge on any atom is -0.309 e. The van der Waals surface area contributed by atoms with Crippen LogP contribution in [-0.2, 0) is 0 Å². The van der Waals surface area contributed by atoms with Crippen LogP contribution in [0.25, 0.3) is 99.9 Å². The fourth-order valence-corrected chi connectivity index (χ4v) is 8.28. The molecule has 56 heavy (non-hydrogen) atoms. The summed E-state index contributed by atoms with van der Waals surface area (Å²) in [5, 5.41) is 3.57. The SMILES string of the molecule is c1ccc(-n2c3cc(-c4ccc5c(c4)c4ccccc4n5-c4cccc(-c5cc(-c6ccccn6)cc(-c6ccccn6)c5)c4)ccc3c3ncccc32)cc1. The third-order valence-corrected chi connectivity index (χ3v) is 10.8. The van der Waals surface area contributed by atoms with E-state index >= 15 is 0 Å². The molecule has 11 rings (SSSR count). The van der Waals surface area contributed by atoms with E-state index < -0.39 is 0 Å². The molecular weight excluding hydrogens is 683 g/mol.